The zero-order valence-electron chi connectivity index (χ0n) is 11.3. The lowest BCUT2D eigenvalue weighted by molar-refractivity contribution is 0.435. The van der Waals surface area contributed by atoms with Crippen molar-refractivity contribution in [3.8, 4) is 11.8 Å². The van der Waals surface area contributed by atoms with E-state index in [4.69, 9.17) is 10.5 Å². The molecule has 100 valence electrons. The number of hydrogen-bond donors (Lipinski definition) is 1. The number of aromatic nitrogens is 3. The fraction of sp³-hybridized carbons (Fsp3) is 0.133. The maximum absolute atomic E-state index is 5.96. The van der Waals surface area contributed by atoms with Crippen molar-refractivity contribution in [1.82, 2.24) is 15.2 Å². The standard InChI is InChI=1S/C15H14N4O/c1-9-10(2)18-19-15(17-9)20-14-8-7-13(16)11-5-3-4-6-12(11)14/h3-8H,16H2,1-2H3. The van der Waals surface area contributed by atoms with Crippen LogP contribution in [0.3, 0.4) is 0 Å². The molecule has 0 aliphatic carbocycles. The largest absolute Gasteiger partial charge is 0.423 e. The van der Waals surface area contributed by atoms with Gasteiger partial charge in [-0.05, 0) is 26.0 Å². The van der Waals surface area contributed by atoms with Crippen LogP contribution in [0.4, 0.5) is 5.69 Å². The average Bonchev–Trinajstić information content (AvgIpc) is 2.46. The summed E-state index contributed by atoms with van der Waals surface area (Å²) in [4.78, 5) is 4.27. The van der Waals surface area contributed by atoms with Gasteiger partial charge in [0, 0.05) is 16.5 Å². The molecule has 5 nitrogen and oxygen atoms in total. The SMILES string of the molecule is Cc1nnc(Oc2ccc(N)c3ccccc23)nc1C. The van der Waals surface area contributed by atoms with E-state index >= 15 is 0 Å². The number of benzene rings is 2. The van der Waals surface area contributed by atoms with Gasteiger partial charge in [-0.25, -0.2) is 0 Å². The number of anilines is 1. The number of aryl methyl sites for hydroxylation is 2. The molecule has 3 aromatic rings. The second-order valence-electron chi connectivity index (χ2n) is 4.57. The Bertz CT molecular complexity index is 786. The molecule has 1 aromatic heterocycles. The minimum atomic E-state index is 0.239. The summed E-state index contributed by atoms with van der Waals surface area (Å²) in [5.41, 5.74) is 8.27. The summed E-state index contributed by atoms with van der Waals surface area (Å²) < 4.78 is 5.74. The molecule has 0 spiro atoms. The second-order valence-corrected chi connectivity index (χ2v) is 4.57. The first-order valence-electron chi connectivity index (χ1n) is 6.28. The summed E-state index contributed by atoms with van der Waals surface area (Å²) >= 11 is 0. The second kappa shape index (κ2) is 4.77. The maximum Gasteiger partial charge on any atom is 0.341 e. The summed E-state index contributed by atoms with van der Waals surface area (Å²) in [6, 6.07) is 11.7. The summed E-state index contributed by atoms with van der Waals surface area (Å²) in [7, 11) is 0. The van der Waals surface area contributed by atoms with Crippen LogP contribution >= 0.6 is 0 Å². The Kier molecular flexibility index (Phi) is 2.95. The van der Waals surface area contributed by atoms with Crippen LogP contribution in [-0.4, -0.2) is 15.2 Å². The molecule has 20 heavy (non-hydrogen) atoms. The highest BCUT2D eigenvalue weighted by Crippen LogP contribution is 2.31. The number of nitrogens with zero attached hydrogens (tertiary/aromatic N) is 3. The third-order valence-corrected chi connectivity index (χ3v) is 3.19. The predicted octanol–water partition coefficient (Wildman–Crippen LogP) is 3.02. The summed E-state index contributed by atoms with van der Waals surface area (Å²) in [5, 5.41) is 9.83. The molecule has 3 rings (SSSR count). The molecule has 0 atom stereocenters. The first kappa shape index (κ1) is 12.3. The van der Waals surface area contributed by atoms with Gasteiger partial charge < -0.3 is 10.5 Å². The van der Waals surface area contributed by atoms with Gasteiger partial charge in [-0.3, -0.25) is 0 Å². The van der Waals surface area contributed by atoms with Gasteiger partial charge >= 0.3 is 6.01 Å². The summed E-state index contributed by atoms with van der Waals surface area (Å²) in [5.74, 6) is 0.667. The first-order chi connectivity index (χ1) is 9.65. The average molecular weight is 266 g/mol. The number of ether oxygens (including phenoxy) is 1. The molecule has 0 radical (unpaired) electrons. The fourth-order valence-electron chi connectivity index (χ4n) is 1.96. The van der Waals surface area contributed by atoms with Crippen molar-refractivity contribution in [3.05, 3.63) is 47.8 Å². The Morgan fingerprint density at radius 2 is 1.65 bits per heavy atom. The molecule has 5 heteroatoms. The predicted molar refractivity (Wildman–Crippen MR) is 77.7 cm³/mol. The van der Waals surface area contributed by atoms with E-state index in [0.29, 0.717) is 11.4 Å². The van der Waals surface area contributed by atoms with Crippen molar-refractivity contribution in [2.24, 2.45) is 0 Å². The maximum atomic E-state index is 5.96. The normalized spacial score (nSPS) is 10.7. The lowest BCUT2D eigenvalue weighted by Crippen LogP contribution is -2.00. The molecular formula is C15H14N4O. The number of rotatable bonds is 2. The van der Waals surface area contributed by atoms with Gasteiger partial charge in [-0.15, -0.1) is 5.10 Å². The van der Waals surface area contributed by atoms with Crippen LogP contribution in [0.2, 0.25) is 0 Å². The Hall–Kier alpha value is -2.69. The molecular weight excluding hydrogens is 252 g/mol. The van der Waals surface area contributed by atoms with Gasteiger partial charge in [0.2, 0.25) is 0 Å². The van der Waals surface area contributed by atoms with Crippen LogP contribution in [0.15, 0.2) is 36.4 Å². The van der Waals surface area contributed by atoms with Gasteiger partial charge in [0.05, 0.1) is 11.4 Å². The van der Waals surface area contributed by atoms with Crippen LogP contribution < -0.4 is 10.5 Å². The Balaban J connectivity index is 2.06. The Labute approximate surface area is 116 Å². The van der Waals surface area contributed by atoms with Crippen molar-refractivity contribution >= 4 is 16.5 Å². The van der Waals surface area contributed by atoms with E-state index in [2.05, 4.69) is 15.2 Å². The minimum Gasteiger partial charge on any atom is -0.423 e. The first-order valence-corrected chi connectivity index (χ1v) is 6.28. The lowest BCUT2D eigenvalue weighted by atomic mass is 10.1. The fourth-order valence-corrected chi connectivity index (χ4v) is 1.96. The molecule has 0 unspecified atom stereocenters. The van der Waals surface area contributed by atoms with Crippen LogP contribution in [0.5, 0.6) is 11.8 Å². The summed E-state index contributed by atoms with van der Waals surface area (Å²) in [6.45, 7) is 3.73. The van der Waals surface area contributed by atoms with E-state index in [1.165, 1.54) is 0 Å². The Morgan fingerprint density at radius 3 is 2.40 bits per heavy atom. The molecule has 0 aliphatic heterocycles. The monoisotopic (exact) mass is 266 g/mol. The molecule has 0 bridgehead atoms. The molecule has 2 N–H and O–H groups in total. The number of nitrogens with two attached hydrogens (primary N) is 1. The minimum absolute atomic E-state index is 0.239. The van der Waals surface area contributed by atoms with E-state index in [-0.39, 0.29) is 6.01 Å². The lowest BCUT2D eigenvalue weighted by Gasteiger charge is -2.09. The van der Waals surface area contributed by atoms with Crippen molar-refractivity contribution in [2.45, 2.75) is 13.8 Å². The van der Waals surface area contributed by atoms with Gasteiger partial charge in [-0.2, -0.15) is 4.98 Å². The molecule has 0 saturated heterocycles. The smallest absolute Gasteiger partial charge is 0.341 e. The number of hydrogen-bond acceptors (Lipinski definition) is 5. The van der Waals surface area contributed by atoms with Gasteiger partial charge in [0.1, 0.15) is 5.75 Å². The summed E-state index contributed by atoms with van der Waals surface area (Å²) in [6.07, 6.45) is 0. The van der Waals surface area contributed by atoms with Crippen LogP contribution in [0, 0.1) is 13.8 Å². The number of nitrogen functional groups attached to an aromatic ring is 1. The third kappa shape index (κ3) is 2.14. The zero-order valence-corrected chi connectivity index (χ0v) is 11.3. The molecule has 1 heterocycles. The topological polar surface area (TPSA) is 73.9 Å². The van der Waals surface area contributed by atoms with Crippen molar-refractivity contribution < 1.29 is 4.74 Å². The molecule has 2 aromatic carbocycles. The highest BCUT2D eigenvalue weighted by atomic mass is 16.5. The van der Waals surface area contributed by atoms with Crippen molar-refractivity contribution in [2.75, 3.05) is 5.73 Å². The van der Waals surface area contributed by atoms with E-state index in [1.807, 2.05) is 50.2 Å². The quantitative estimate of drug-likeness (QED) is 0.722. The Morgan fingerprint density at radius 1 is 0.900 bits per heavy atom. The van der Waals surface area contributed by atoms with Gasteiger partial charge in [0.25, 0.3) is 0 Å². The van der Waals surface area contributed by atoms with E-state index < -0.39 is 0 Å². The van der Waals surface area contributed by atoms with Crippen molar-refractivity contribution in [3.63, 3.8) is 0 Å². The van der Waals surface area contributed by atoms with Gasteiger partial charge in [-0.1, -0.05) is 29.4 Å². The van der Waals surface area contributed by atoms with E-state index in [0.717, 1.165) is 22.2 Å². The van der Waals surface area contributed by atoms with Crippen molar-refractivity contribution in [1.29, 1.82) is 0 Å². The third-order valence-electron chi connectivity index (χ3n) is 3.19. The molecule has 0 saturated carbocycles. The van der Waals surface area contributed by atoms with Gasteiger partial charge in [0.15, 0.2) is 0 Å². The molecule has 0 aliphatic rings. The molecule has 0 amide bonds. The van der Waals surface area contributed by atoms with E-state index in [1.54, 1.807) is 0 Å². The zero-order chi connectivity index (χ0) is 14.1. The van der Waals surface area contributed by atoms with Crippen LogP contribution in [0.25, 0.3) is 10.8 Å². The van der Waals surface area contributed by atoms with E-state index in [9.17, 15) is 0 Å². The molecule has 0 fully saturated rings. The highest BCUT2D eigenvalue weighted by molar-refractivity contribution is 5.97. The van der Waals surface area contributed by atoms with Crippen LogP contribution in [-0.2, 0) is 0 Å². The van der Waals surface area contributed by atoms with Crippen LogP contribution in [0.1, 0.15) is 11.4 Å². The highest BCUT2D eigenvalue weighted by Gasteiger charge is 2.08. The number of fused-ring (bicyclic) bond motifs is 1.